The van der Waals surface area contributed by atoms with E-state index in [1.165, 1.54) is 0 Å². The Labute approximate surface area is 188 Å². The molecule has 2 aromatic carbocycles. The van der Waals surface area contributed by atoms with Gasteiger partial charge in [-0.25, -0.2) is 0 Å². The van der Waals surface area contributed by atoms with Crippen LogP contribution in [0.4, 0.5) is 0 Å². The number of piperazine rings is 1. The largest absolute Gasteiger partial charge is 0.497 e. The minimum Gasteiger partial charge on any atom is -0.497 e. The number of aliphatic hydroxyl groups is 1. The molecule has 6 nitrogen and oxygen atoms in total. The summed E-state index contributed by atoms with van der Waals surface area (Å²) in [6, 6.07) is 17.6. The average Bonchev–Trinajstić information content (AvgIpc) is 2.84. The lowest BCUT2D eigenvalue weighted by Gasteiger charge is -2.35. The molecular formula is C26H29N3O3. The number of aliphatic hydroxyl groups excluding tert-OH is 1. The van der Waals surface area contributed by atoms with Crippen LogP contribution in [0.1, 0.15) is 23.7 Å². The van der Waals surface area contributed by atoms with Gasteiger partial charge < -0.3 is 14.7 Å². The number of β-amino-alcohol motifs (C(OH)–C–C–N with tert-alkyl or cyclic N) is 1. The van der Waals surface area contributed by atoms with Crippen molar-refractivity contribution in [2.24, 2.45) is 0 Å². The van der Waals surface area contributed by atoms with Gasteiger partial charge in [0.1, 0.15) is 5.75 Å². The summed E-state index contributed by atoms with van der Waals surface area (Å²) in [4.78, 5) is 21.0. The van der Waals surface area contributed by atoms with Crippen LogP contribution in [0, 0.1) is 0 Å². The first-order valence-corrected chi connectivity index (χ1v) is 11.0. The maximum atomic E-state index is 12.5. The lowest BCUT2D eigenvalue weighted by Crippen LogP contribution is -2.49. The summed E-state index contributed by atoms with van der Waals surface area (Å²) in [5.41, 5.74) is 2.78. The number of methoxy groups -OCH3 is 1. The highest BCUT2D eigenvalue weighted by Crippen LogP contribution is 2.27. The van der Waals surface area contributed by atoms with Crippen molar-refractivity contribution >= 4 is 22.9 Å². The predicted molar refractivity (Wildman–Crippen MR) is 126 cm³/mol. The fourth-order valence-electron chi connectivity index (χ4n) is 4.08. The molecule has 1 saturated heterocycles. The molecule has 6 heteroatoms. The molecule has 0 saturated carbocycles. The van der Waals surface area contributed by atoms with Crippen molar-refractivity contribution in [3.63, 3.8) is 0 Å². The normalized spacial score (nSPS) is 15.9. The van der Waals surface area contributed by atoms with Gasteiger partial charge in [0.2, 0.25) is 5.91 Å². The van der Waals surface area contributed by atoms with Gasteiger partial charge in [0.15, 0.2) is 0 Å². The molecule has 0 radical (unpaired) electrons. The topological polar surface area (TPSA) is 65.9 Å². The summed E-state index contributed by atoms with van der Waals surface area (Å²) in [6.07, 6.45) is 5.41. The van der Waals surface area contributed by atoms with Crippen LogP contribution in [-0.4, -0.2) is 65.6 Å². The van der Waals surface area contributed by atoms with E-state index in [0.29, 0.717) is 26.1 Å². The zero-order chi connectivity index (χ0) is 22.3. The number of fused-ring (bicyclic) bond motifs is 1. The van der Waals surface area contributed by atoms with Crippen molar-refractivity contribution in [2.45, 2.75) is 12.5 Å². The maximum absolute atomic E-state index is 12.5. The molecule has 0 unspecified atom stereocenters. The summed E-state index contributed by atoms with van der Waals surface area (Å²) in [7, 11) is 1.63. The highest BCUT2D eigenvalue weighted by Gasteiger charge is 2.23. The Morgan fingerprint density at radius 3 is 2.66 bits per heavy atom. The van der Waals surface area contributed by atoms with Crippen LogP contribution in [-0.2, 0) is 4.79 Å². The number of aromatic nitrogens is 1. The van der Waals surface area contributed by atoms with E-state index in [2.05, 4.69) is 9.88 Å². The van der Waals surface area contributed by atoms with Gasteiger partial charge in [0.05, 0.1) is 18.7 Å². The van der Waals surface area contributed by atoms with Crippen LogP contribution < -0.4 is 4.74 Å². The number of hydrogen-bond donors (Lipinski definition) is 1. The van der Waals surface area contributed by atoms with Gasteiger partial charge in [-0.15, -0.1) is 0 Å². The Hall–Kier alpha value is -3.22. The number of amides is 1. The highest BCUT2D eigenvalue weighted by molar-refractivity contribution is 5.84. The van der Waals surface area contributed by atoms with Gasteiger partial charge in [-0.2, -0.15) is 0 Å². The Morgan fingerprint density at radius 2 is 1.91 bits per heavy atom. The minimum absolute atomic E-state index is 0.143. The van der Waals surface area contributed by atoms with Crippen LogP contribution in [0.2, 0.25) is 0 Å². The molecule has 1 atom stereocenters. The number of nitrogens with zero attached hydrogens (tertiary/aromatic N) is 3. The van der Waals surface area contributed by atoms with Gasteiger partial charge in [-0.3, -0.25) is 14.7 Å². The van der Waals surface area contributed by atoms with Gasteiger partial charge in [0, 0.05) is 50.7 Å². The number of pyridine rings is 1. The van der Waals surface area contributed by atoms with E-state index in [-0.39, 0.29) is 5.91 Å². The van der Waals surface area contributed by atoms with Gasteiger partial charge in [-0.1, -0.05) is 42.5 Å². The number of benzene rings is 2. The Balaban J connectivity index is 1.31. The fraction of sp³-hybridized carbons (Fsp3) is 0.308. The van der Waals surface area contributed by atoms with Crippen molar-refractivity contribution in [3.8, 4) is 5.75 Å². The Kier molecular flexibility index (Phi) is 7.14. The third kappa shape index (κ3) is 5.33. The molecule has 4 rings (SSSR count). The van der Waals surface area contributed by atoms with Crippen LogP contribution in [0.15, 0.2) is 66.9 Å². The number of carbonyl (C=O) groups excluding carboxylic acids is 1. The number of hydrogen-bond acceptors (Lipinski definition) is 5. The summed E-state index contributed by atoms with van der Waals surface area (Å²) in [5, 5.41) is 11.8. The molecule has 1 aliphatic heterocycles. The van der Waals surface area contributed by atoms with Crippen LogP contribution in [0.3, 0.4) is 0 Å². The van der Waals surface area contributed by atoms with Crippen molar-refractivity contribution < 1.29 is 14.6 Å². The van der Waals surface area contributed by atoms with E-state index in [9.17, 15) is 9.90 Å². The van der Waals surface area contributed by atoms with Crippen LogP contribution >= 0.6 is 0 Å². The van der Waals surface area contributed by atoms with Crippen molar-refractivity contribution in [1.82, 2.24) is 14.8 Å². The summed E-state index contributed by atoms with van der Waals surface area (Å²) in [6.45, 7) is 3.37. The first kappa shape index (κ1) is 22.0. The molecular weight excluding hydrogens is 402 g/mol. The number of ether oxygens (including phenoxy) is 1. The first-order valence-electron chi connectivity index (χ1n) is 11.0. The molecule has 0 bridgehead atoms. The summed E-state index contributed by atoms with van der Waals surface area (Å²) in [5.74, 6) is 0.886. The smallest absolute Gasteiger partial charge is 0.226 e. The molecule has 1 N–H and O–H groups in total. The van der Waals surface area contributed by atoms with Gasteiger partial charge in [-0.05, 0) is 35.4 Å². The number of carbonyl (C=O) groups is 1. The minimum atomic E-state index is -0.635. The summed E-state index contributed by atoms with van der Waals surface area (Å²) >= 11 is 0. The van der Waals surface area contributed by atoms with Gasteiger partial charge >= 0.3 is 0 Å². The molecule has 1 fully saturated rings. The van der Waals surface area contributed by atoms with E-state index in [0.717, 1.165) is 40.9 Å². The Morgan fingerprint density at radius 1 is 1.12 bits per heavy atom. The molecule has 1 amide bonds. The molecule has 1 aliphatic rings. The lowest BCUT2D eigenvalue weighted by atomic mass is 10.0. The quantitative estimate of drug-likeness (QED) is 0.620. The second-order valence-corrected chi connectivity index (χ2v) is 8.00. The predicted octanol–water partition coefficient (Wildman–Crippen LogP) is 3.52. The van der Waals surface area contributed by atoms with Crippen molar-refractivity contribution in [1.29, 1.82) is 0 Å². The molecule has 3 aromatic rings. The zero-order valence-electron chi connectivity index (χ0n) is 18.4. The summed E-state index contributed by atoms with van der Waals surface area (Å²) < 4.78 is 5.33. The second-order valence-electron chi connectivity index (χ2n) is 8.00. The third-order valence-electron chi connectivity index (χ3n) is 5.90. The first-order chi connectivity index (χ1) is 15.6. The van der Waals surface area contributed by atoms with Crippen LogP contribution in [0.5, 0.6) is 5.75 Å². The van der Waals surface area contributed by atoms with E-state index < -0.39 is 6.10 Å². The lowest BCUT2D eigenvalue weighted by molar-refractivity contribution is -0.132. The number of rotatable bonds is 7. The van der Waals surface area contributed by atoms with Crippen molar-refractivity contribution in [3.05, 3.63) is 78.0 Å². The van der Waals surface area contributed by atoms with Crippen LogP contribution in [0.25, 0.3) is 17.0 Å². The molecule has 1 aromatic heterocycles. The zero-order valence-corrected chi connectivity index (χ0v) is 18.4. The van der Waals surface area contributed by atoms with E-state index in [4.69, 9.17) is 4.74 Å². The van der Waals surface area contributed by atoms with Gasteiger partial charge in [0.25, 0.3) is 0 Å². The maximum Gasteiger partial charge on any atom is 0.226 e. The van der Waals surface area contributed by atoms with Crippen molar-refractivity contribution in [2.75, 3.05) is 39.8 Å². The second kappa shape index (κ2) is 10.4. The molecule has 32 heavy (non-hydrogen) atoms. The highest BCUT2D eigenvalue weighted by atomic mass is 16.5. The Bertz CT molecular complexity index is 1080. The average molecular weight is 432 g/mol. The molecule has 2 heterocycles. The SMILES string of the molecule is COc1ccc2nccc([C@H](O)CN3CCN(C(=O)C/C=C/c4ccccc4)CC3)c2c1. The van der Waals surface area contributed by atoms with E-state index >= 15 is 0 Å². The monoisotopic (exact) mass is 431 g/mol. The van der Waals surface area contributed by atoms with E-state index in [1.807, 2.05) is 71.6 Å². The molecule has 166 valence electrons. The fourth-order valence-corrected chi connectivity index (χ4v) is 4.08. The molecule has 0 aliphatic carbocycles. The standard InChI is InChI=1S/C26H29N3O3/c1-32-21-10-11-24-23(18-21)22(12-13-27-24)25(30)19-28-14-16-29(17-15-28)26(31)9-5-8-20-6-3-2-4-7-20/h2-8,10-13,18,25,30H,9,14-17,19H2,1H3/b8-5+/t25-/m1/s1. The third-order valence-corrected chi connectivity index (χ3v) is 5.90. The van der Waals surface area contributed by atoms with E-state index in [1.54, 1.807) is 13.3 Å². The molecule has 0 spiro atoms.